The maximum absolute atomic E-state index is 5.35. The van der Waals surface area contributed by atoms with Crippen molar-refractivity contribution in [3.63, 3.8) is 0 Å². The van der Waals surface area contributed by atoms with Crippen LogP contribution in [0.3, 0.4) is 0 Å². The van der Waals surface area contributed by atoms with Crippen molar-refractivity contribution in [2.45, 2.75) is 176 Å². The van der Waals surface area contributed by atoms with Crippen LogP contribution in [0, 0.1) is 0 Å². The summed E-state index contributed by atoms with van der Waals surface area (Å²) in [4.78, 5) is 23.4. The van der Waals surface area contributed by atoms with Crippen molar-refractivity contribution in [1.29, 1.82) is 0 Å². The zero-order chi connectivity index (χ0) is 31.0. The van der Waals surface area contributed by atoms with Gasteiger partial charge in [-0.3, -0.25) is 0 Å². The molecule has 0 radical (unpaired) electrons. The van der Waals surface area contributed by atoms with E-state index in [0.29, 0.717) is 6.04 Å². The fourth-order valence-electron chi connectivity index (χ4n) is 6.59. The topological polar surface area (TPSA) is 60.4 Å². The van der Waals surface area contributed by atoms with Gasteiger partial charge >= 0.3 is 0 Å². The van der Waals surface area contributed by atoms with E-state index < -0.39 is 0 Å². The standard InChI is InChI=1S/C35H69N7/c1-10-15-20-21-22-27-42(30-28-34(6,7)39-35(8,9)29-30)33-37-31(40(23-16-11-2)24-17-12-3)36-32(38-33)41(25-18-13-4)26-19-14-5/h30,39H,10-29H2,1-9H3. The Bertz CT molecular complexity index is 785. The van der Waals surface area contributed by atoms with Gasteiger partial charge in [-0.05, 0) is 72.6 Å². The van der Waals surface area contributed by atoms with Gasteiger partial charge in [0.25, 0.3) is 0 Å². The molecule has 1 N–H and O–H groups in total. The van der Waals surface area contributed by atoms with Gasteiger partial charge in [0.15, 0.2) is 0 Å². The molecule has 1 aromatic heterocycles. The summed E-state index contributed by atoms with van der Waals surface area (Å²) in [5, 5.41) is 3.91. The van der Waals surface area contributed by atoms with Crippen molar-refractivity contribution in [3.05, 3.63) is 0 Å². The average Bonchev–Trinajstić information content (AvgIpc) is 2.93. The van der Waals surface area contributed by atoms with Crippen LogP contribution in [0.15, 0.2) is 0 Å². The highest BCUT2D eigenvalue weighted by molar-refractivity contribution is 5.47. The summed E-state index contributed by atoms with van der Waals surface area (Å²) in [5.41, 5.74) is 0.127. The predicted molar refractivity (Wildman–Crippen MR) is 184 cm³/mol. The zero-order valence-corrected chi connectivity index (χ0v) is 29.4. The minimum Gasteiger partial charge on any atom is -0.341 e. The molecule has 1 aliphatic heterocycles. The van der Waals surface area contributed by atoms with Crippen molar-refractivity contribution in [2.75, 3.05) is 47.4 Å². The van der Waals surface area contributed by atoms with Crippen molar-refractivity contribution in [2.24, 2.45) is 0 Å². The molecule has 244 valence electrons. The molecule has 1 fully saturated rings. The van der Waals surface area contributed by atoms with Crippen molar-refractivity contribution >= 4 is 17.8 Å². The van der Waals surface area contributed by atoms with Crippen LogP contribution in [-0.2, 0) is 0 Å². The van der Waals surface area contributed by atoms with Crippen LogP contribution >= 0.6 is 0 Å². The number of nitrogens with one attached hydrogen (secondary N) is 1. The maximum atomic E-state index is 5.35. The summed E-state index contributed by atoms with van der Waals surface area (Å²) in [6.07, 6.45) is 17.9. The number of nitrogens with zero attached hydrogens (tertiary/aromatic N) is 6. The second kappa shape index (κ2) is 18.9. The Morgan fingerprint density at radius 2 is 0.905 bits per heavy atom. The molecule has 42 heavy (non-hydrogen) atoms. The van der Waals surface area contributed by atoms with Crippen LogP contribution in [0.2, 0.25) is 0 Å². The van der Waals surface area contributed by atoms with E-state index in [4.69, 9.17) is 15.0 Å². The molecule has 0 spiro atoms. The Morgan fingerprint density at radius 1 is 0.524 bits per heavy atom. The van der Waals surface area contributed by atoms with Crippen LogP contribution in [0.25, 0.3) is 0 Å². The number of rotatable bonds is 22. The highest BCUT2D eigenvalue weighted by atomic mass is 15.4. The molecule has 0 amide bonds. The fourth-order valence-corrected chi connectivity index (χ4v) is 6.59. The molecule has 1 aliphatic rings. The van der Waals surface area contributed by atoms with E-state index >= 15 is 0 Å². The van der Waals surface area contributed by atoms with E-state index in [9.17, 15) is 0 Å². The van der Waals surface area contributed by atoms with Gasteiger partial charge in [0.1, 0.15) is 0 Å². The van der Waals surface area contributed by atoms with Crippen LogP contribution < -0.4 is 20.0 Å². The third-order valence-corrected chi connectivity index (χ3v) is 8.66. The zero-order valence-electron chi connectivity index (χ0n) is 29.4. The van der Waals surface area contributed by atoms with Gasteiger partial charge in [0.2, 0.25) is 17.8 Å². The highest BCUT2D eigenvalue weighted by Crippen LogP contribution is 2.34. The molecule has 1 saturated heterocycles. The third-order valence-electron chi connectivity index (χ3n) is 8.66. The van der Waals surface area contributed by atoms with Gasteiger partial charge < -0.3 is 20.0 Å². The minimum atomic E-state index is 0.0636. The molecule has 0 saturated carbocycles. The van der Waals surface area contributed by atoms with Gasteiger partial charge in [-0.2, -0.15) is 15.0 Å². The van der Waals surface area contributed by atoms with E-state index in [1.54, 1.807) is 0 Å². The second-order valence-corrected chi connectivity index (χ2v) is 14.2. The van der Waals surface area contributed by atoms with Crippen LogP contribution in [-0.4, -0.2) is 64.8 Å². The number of aromatic nitrogens is 3. The summed E-state index contributed by atoms with van der Waals surface area (Å²) in [6.45, 7) is 25.9. The first-order chi connectivity index (χ1) is 20.1. The number of unbranched alkanes of at least 4 members (excludes halogenated alkanes) is 8. The van der Waals surface area contributed by atoms with Crippen LogP contribution in [0.1, 0.15) is 159 Å². The lowest BCUT2D eigenvalue weighted by Crippen LogP contribution is -2.62. The summed E-state index contributed by atoms with van der Waals surface area (Å²) < 4.78 is 0. The van der Waals surface area contributed by atoms with E-state index in [0.717, 1.165) is 89.1 Å². The number of hydrogen-bond acceptors (Lipinski definition) is 7. The second-order valence-electron chi connectivity index (χ2n) is 14.2. The monoisotopic (exact) mass is 588 g/mol. The number of hydrogen-bond donors (Lipinski definition) is 1. The predicted octanol–water partition coefficient (Wildman–Crippen LogP) is 8.77. The molecule has 0 aliphatic carbocycles. The Kier molecular flexibility index (Phi) is 16.5. The Labute approximate surface area is 261 Å². The third kappa shape index (κ3) is 12.5. The lowest BCUT2D eigenvalue weighted by molar-refractivity contribution is 0.157. The normalized spacial score (nSPS) is 16.5. The first-order valence-electron chi connectivity index (χ1n) is 17.9. The van der Waals surface area contributed by atoms with Gasteiger partial charge in [-0.25, -0.2) is 0 Å². The molecule has 0 atom stereocenters. The van der Waals surface area contributed by atoms with Crippen molar-refractivity contribution in [3.8, 4) is 0 Å². The van der Waals surface area contributed by atoms with Gasteiger partial charge in [0, 0.05) is 49.8 Å². The first kappa shape index (κ1) is 36.6. The molecule has 0 aromatic carbocycles. The Balaban J connectivity index is 2.62. The highest BCUT2D eigenvalue weighted by Gasteiger charge is 2.41. The molecule has 2 heterocycles. The van der Waals surface area contributed by atoms with E-state index in [1.807, 2.05) is 0 Å². The number of piperidine rings is 1. The molecular formula is C35H69N7. The Hall–Kier alpha value is -1.63. The summed E-state index contributed by atoms with van der Waals surface area (Å²) >= 11 is 0. The SMILES string of the molecule is CCCCCCCN(c1nc(N(CCCC)CCCC)nc(N(CCCC)CCCC)n1)C1CC(C)(C)NC(C)(C)C1. The summed E-state index contributed by atoms with van der Waals surface area (Å²) in [5.74, 6) is 2.68. The minimum absolute atomic E-state index is 0.0636. The molecule has 7 nitrogen and oxygen atoms in total. The Morgan fingerprint density at radius 3 is 1.31 bits per heavy atom. The number of anilines is 3. The molecule has 1 aromatic rings. The molecular weight excluding hydrogens is 518 g/mol. The lowest BCUT2D eigenvalue weighted by Gasteiger charge is -2.49. The maximum Gasteiger partial charge on any atom is 0.232 e. The fraction of sp³-hybridized carbons (Fsp3) is 0.914. The van der Waals surface area contributed by atoms with E-state index in [2.05, 4.69) is 82.3 Å². The average molecular weight is 588 g/mol. The van der Waals surface area contributed by atoms with Gasteiger partial charge in [-0.15, -0.1) is 0 Å². The van der Waals surface area contributed by atoms with Crippen LogP contribution in [0.5, 0.6) is 0 Å². The largest absolute Gasteiger partial charge is 0.341 e. The van der Waals surface area contributed by atoms with Gasteiger partial charge in [-0.1, -0.05) is 86.0 Å². The quantitative estimate of drug-likeness (QED) is 0.136. The summed E-state index contributed by atoms with van der Waals surface area (Å²) in [6, 6.07) is 0.394. The van der Waals surface area contributed by atoms with Gasteiger partial charge in [0.05, 0.1) is 0 Å². The van der Waals surface area contributed by atoms with Crippen molar-refractivity contribution in [1.82, 2.24) is 20.3 Å². The van der Waals surface area contributed by atoms with Crippen molar-refractivity contribution < 1.29 is 0 Å². The molecule has 0 bridgehead atoms. The molecule has 2 rings (SSSR count). The lowest BCUT2D eigenvalue weighted by atomic mass is 9.79. The smallest absolute Gasteiger partial charge is 0.232 e. The van der Waals surface area contributed by atoms with E-state index in [-0.39, 0.29) is 11.1 Å². The van der Waals surface area contributed by atoms with E-state index in [1.165, 1.54) is 57.8 Å². The first-order valence-corrected chi connectivity index (χ1v) is 17.9. The summed E-state index contributed by atoms with van der Waals surface area (Å²) in [7, 11) is 0. The molecule has 7 heteroatoms. The molecule has 0 unspecified atom stereocenters. The van der Waals surface area contributed by atoms with Crippen LogP contribution in [0.4, 0.5) is 17.8 Å².